The van der Waals surface area contributed by atoms with Crippen LogP contribution in [0.4, 0.5) is 0 Å². The van der Waals surface area contributed by atoms with Crippen LogP contribution in [0.3, 0.4) is 0 Å². The first-order valence-electron chi connectivity index (χ1n) is 5.80. The normalized spacial score (nSPS) is 36.5. The van der Waals surface area contributed by atoms with Crippen LogP contribution in [0.1, 0.15) is 20.3 Å². The zero-order valence-electron chi connectivity index (χ0n) is 9.81. The number of aliphatic imine (C=N–C) groups is 1. The van der Waals surface area contributed by atoms with Crippen molar-refractivity contribution in [3.63, 3.8) is 0 Å². The molecule has 0 aromatic carbocycles. The number of morpholine rings is 1. The largest absolute Gasteiger partial charge is 0.372 e. The van der Waals surface area contributed by atoms with Crippen LogP contribution in [-0.4, -0.2) is 44.3 Å². The molecular weight excluding hydrogens is 187 g/mol. The Morgan fingerprint density at radius 3 is 2.60 bits per heavy atom. The minimum absolute atomic E-state index is 0.309. The standard InChI is InChI=1S/C11H19BN2O/c1-8-6-14(7-9(2)15-8)11-4-3-10(12)5-13-11/h4-5,8-10H,3,6-7,12H2,1-2H3/t8-,9+,10?. The zero-order chi connectivity index (χ0) is 10.8. The molecule has 0 aromatic heterocycles. The Kier molecular flexibility index (Phi) is 3.15. The second kappa shape index (κ2) is 4.39. The van der Waals surface area contributed by atoms with Crippen molar-refractivity contribution in [2.45, 2.75) is 38.3 Å². The number of ether oxygens (including phenoxy) is 1. The molecule has 1 saturated heterocycles. The predicted molar refractivity (Wildman–Crippen MR) is 65.1 cm³/mol. The summed E-state index contributed by atoms with van der Waals surface area (Å²) in [4.78, 5) is 6.84. The Labute approximate surface area is 92.6 Å². The van der Waals surface area contributed by atoms with Gasteiger partial charge in [0.05, 0.1) is 12.2 Å². The molecule has 0 spiro atoms. The maximum atomic E-state index is 5.71. The first kappa shape index (κ1) is 10.7. The molecule has 4 heteroatoms. The third kappa shape index (κ3) is 2.62. The van der Waals surface area contributed by atoms with Gasteiger partial charge in [0.1, 0.15) is 13.7 Å². The van der Waals surface area contributed by atoms with Crippen LogP contribution in [0.25, 0.3) is 0 Å². The molecule has 2 aliphatic rings. The van der Waals surface area contributed by atoms with Crippen LogP contribution in [0, 0.1) is 0 Å². The minimum Gasteiger partial charge on any atom is -0.372 e. The molecule has 0 radical (unpaired) electrons. The fourth-order valence-corrected chi connectivity index (χ4v) is 2.18. The summed E-state index contributed by atoms with van der Waals surface area (Å²) in [7, 11) is 2.20. The molecule has 0 N–H and O–H groups in total. The van der Waals surface area contributed by atoms with E-state index in [1.165, 1.54) is 0 Å². The van der Waals surface area contributed by atoms with Crippen molar-refractivity contribution in [3.8, 4) is 0 Å². The molecule has 15 heavy (non-hydrogen) atoms. The van der Waals surface area contributed by atoms with E-state index in [-0.39, 0.29) is 0 Å². The van der Waals surface area contributed by atoms with Crippen molar-refractivity contribution in [2.24, 2.45) is 4.99 Å². The molecule has 3 atom stereocenters. The molecule has 1 unspecified atom stereocenters. The molecule has 82 valence electrons. The molecule has 3 nitrogen and oxygen atoms in total. The van der Waals surface area contributed by atoms with E-state index in [4.69, 9.17) is 4.74 Å². The molecule has 2 heterocycles. The SMILES string of the molecule is BC1C=NC(N2C[C@@H](C)O[C@@H](C)C2)=CC1. The zero-order valence-corrected chi connectivity index (χ0v) is 9.81. The van der Waals surface area contributed by atoms with Crippen molar-refractivity contribution in [3.05, 3.63) is 11.9 Å². The van der Waals surface area contributed by atoms with E-state index >= 15 is 0 Å². The Balaban J connectivity index is 2.01. The van der Waals surface area contributed by atoms with Crippen LogP contribution in [0.2, 0.25) is 5.82 Å². The highest BCUT2D eigenvalue weighted by molar-refractivity contribution is 6.20. The van der Waals surface area contributed by atoms with E-state index in [9.17, 15) is 0 Å². The summed E-state index contributed by atoms with van der Waals surface area (Å²) in [5, 5.41) is 0. The van der Waals surface area contributed by atoms with E-state index in [0.29, 0.717) is 18.0 Å². The first-order chi connectivity index (χ1) is 7.15. The van der Waals surface area contributed by atoms with E-state index in [1.807, 2.05) is 0 Å². The van der Waals surface area contributed by atoms with E-state index in [0.717, 1.165) is 25.3 Å². The predicted octanol–water partition coefficient (Wildman–Crippen LogP) is 0.833. The average molecular weight is 206 g/mol. The molecule has 0 aliphatic carbocycles. The van der Waals surface area contributed by atoms with Crippen molar-refractivity contribution < 1.29 is 4.74 Å². The molecule has 0 aromatic rings. The highest BCUT2D eigenvalue weighted by Gasteiger charge is 2.24. The van der Waals surface area contributed by atoms with Crippen LogP contribution in [-0.2, 0) is 4.74 Å². The Morgan fingerprint density at radius 1 is 1.40 bits per heavy atom. The van der Waals surface area contributed by atoms with Crippen LogP contribution >= 0.6 is 0 Å². The fourth-order valence-electron chi connectivity index (χ4n) is 2.18. The van der Waals surface area contributed by atoms with Gasteiger partial charge in [0, 0.05) is 19.3 Å². The van der Waals surface area contributed by atoms with Gasteiger partial charge in [-0.05, 0) is 32.2 Å². The fraction of sp³-hybridized carbons (Fsp3) is 0.727. The molecule has 1 fully saturated rings. The summed E-state index contributed by atoms with van der Waals surface area (Å²) < 4.78 is 5.71. The third-order valence-corrected chi connectivity index (χ3v) is 2.88. The van der Waals surface area contributed by atoms with Gasteiger partial charge in [-0.3, -0.25) is 0 Å². The molecule has 2 aliphatic heterocycles. The maximum Gasteiger partial charge on any atom is 0.124 e. The number of nitrogens with zero attached hydrogens (tertiary/aromatic N) is 2. The number of rotatable bonds is 1. The van der Waals surface area contributed by atoms with E-state index in [2.05, 4.69) is 43.9 Å². The second-order valence-corrected chi connectivity index (χ2v) is 4.72. The Hall–Kier alpha value is -0.765. The molecule has 0 saturated carbocycles. The lowest BCUT2D eigenvalue weighted by Gasteiger charge is -2.37. The molecule has 2 rings (SSSR count). The Morgan fingerprint density at radius 2 is 2.07 bits per heavy atom. The maximum absolute atomic E-state index is 5.71. The van der Waals surface area contributed by atoms with E-state index < -0.39 is 0 Å². The van der Waals surface area contributed by atoms with Gasteiger partial charge in [-0.1, -0.05) is 0 Å². The summed E-state index contributed by atoms with van der Waals surface area (Å²) >= 11 is 0. The highest BCUT2D eigenvalue weighted by Crippen LogP contribution is 2.21. The van der Waals surface area contributed by atoms with Gasteiger partial charge in [0.25, 0.3) is 0 Å². The first-order valence-corrected chi connectivity index (χ1v) is 5.80. The van der Waals surface area contributed by atoms with Gasteiger partial charge in [0.15, 0.2) is 0 Å². The van der Waals surface area contributed by atoms with Gasteiger partial charge in [-0.2, -0.15) is 0 Å². The van der Waals surface area contributed by atoms with Crippen molar-refractivity contribution in [1.29, 1.82) is 0 Å². The van der Waals surface area contributed by atoms with E-state index in [1.54, 1.807) is 0 Å². The van der Waals surface area contributed by atoms with Gasteiger partial charge >= 0.3 is 0 Å². The highest BCUT2D eigenvalue weighted by atomic mass is 16.5. The van der Waals surface area contributed by atoms with Crippen molar-refractivity contribution >= 4 is 14.1 Å². The van der Waals surface area contributed by atoms with Crippen molar-refractivity contribution in [2.75, 3.05) is 13.1 Å². The van der Waals surface area contributed by atoms with Gasteiger partial charge < -0.3 is 9.64 Å². The average Bonchev–Trinajstić information content (AvgIpc) is 2.17. The van der Waals surface area contributed by atoms with Gasteiger partial charge in [0.2, 0.25) is 0 Å². The number of hydrogen-bond donors (Lipinski definition) is 0. The van der Waals surface area contributed by atoms with Crippen LogP contribution in [0.15, 0.2) is 16.9 Å². The van der Waals surface area contributed by atoms with Crippen molar-refractivity contribution in [1.82, 2.24) is 4.90 Å². The van der Waals surface area contributed by atoms with Crippen LogP contribution < -0.4 is 0 Å². The summed E-state index contributed by atoms with van der Waals surface area (Å²) in [5.41, 5.74) is 0. The van der Waals surface area contributed by atoms with Gasteiger partial charge in [-0.25, -0.2) is 4.99 Å². The Bertz CT molecular complexity index is 280. The topological polar surface area (TPSA) is 24.8 Å². The summed E-state index contributed by atoms with van der Waals surface area (Å²) in [6, 6.07) is 0. The summed E-state index contributed by atoms with van der Waals surface area (Å²) in [5.74, 6) is 1.72. The lowest BCUT2D eigenvalue weighted by molar-refractivity contribution is -0.0582. The number of hydrogen-bond acceptors (Lipinski definition) is 3. The lowest BCUT2D eigenvalue weighted by Crippen LogP contribution is -2.44. The minimum atomic E-state index is 0.309. The monoisotopic (exact) mass is 206 g/mol. The quantitative estimate of drug-likeness (QED) is 0.593. The smallest absolute Gasteiger partial charge is 0.124 e. The van der Waals surface area contributed by atoms with Gasteiger partial charge in [-0.15, -0.1) is 0 Å². The second-order valence-electron chi connectivity index (χ2n) is 4.72. The summed E-state index contributed by atoms with van der Waals surface area (Å²) in [6.07, 6.45) is 6.03. The summed E-state index contributed by atoms with van der Waals surface area (Å²) in [6.45, 7) is 6.17. The molecule has 0 amide bonds. The van der Waals surface area contributed by atoms with Crippen LogP contribution in [0.5, 0.6) is 0 Å². The third-order valence-electron chi connectivity index (χ3n) is 2.88. The lowest BCUT2D eigenvalue weighted by atomic mass is 9.84. The number of allylic oxidation sites excluding steroid dienone is 1. The molecule has 0 bridgehead atoms. The molecular formula is C11H19BN2O.